The number of ether oxygens (including phenoxy) is 1. The van der Waals surface area contributed by atoms with Crippen LogP contribution < -0.4 is 0 Å². The molecule has 3 rings (SSSR count). The van der Waals surface area contributed by atoms with Crippen LogP contribution >= 0.6 is 11.3 Å². The van der Waals surface area contributed by atoms with Crippen molar-refractivity contribution in [2.45, 2.75) is 44.6 Å². The second kappa shape index (κ2) is 4.21. The molecule has 0 bridgehead atoms. The molecule has 1 aliphatic carbocycles. The Morgan fingerprint density at radius 2 is 2.29 bits per heavy atom. The third kappa shape index (κ3) is 2.06. The summed E-state index contributed by atoms with van der Waals surface area (Å²) >= 11 is 1.62. The highest BCUT2D eigenvalue weighted by Gasteiger charge is 2.44. The molecule has 1 aliphatic heterocycles. The Labute approximate surface area is 106 Å². The lowest BCUT2D eigenvalue weighted by Gasteiger charge is -2.46. The number of ketones is 1. The predicted molar refractivity (Wildman–Crippen MR) is 68.6 cm³/mol. The highest BCUT2D eigenvalue weighted by molar-refractivity contribution is 7.14. The summed E-state index contributed by atoms with van der Waals surface area (Å²) in [7, 11) is 0. The zero-order valence-electron chi connectivity index (χ0n) is 10.2. The van der Waals surface area contributed by atoms with E-state index in [1.165, 1.54) is 11.3 Å². The van der Waals surface area contributed by atoms with Crippen LogP contribution in [0.5, 0.6) is 0 Å². The summed E-state index contributed by atoms with van der Waals surface area (Å²) < 4.78 is 5.87. The van der Waals surface area contributed by atoms with Crippen molar-refractivity contribution in [3.8, 4) is 0 Å². The fourth-order valence-electron chi connectivity index (χ4n) is 2.94. The highest BCUT2D eigenvalue weighted by atomic mass is 32.1. The Balaban J connectivity index is 1.73. The molecule has 92 valence electrons. The van der Waals surface area contributed by atoms with Gasteiger partial charge >= 0.3 is 0 Å². The molecule has 3 heteroatoms. The summed E-state index contributed by atoms with van der Waals surface area (Å²) in [5.41, 5.74) is 0.0743. The number of rotatable bonds is 2. The van der Waals surface area contributed by atoms with Crippen molar-refractivity contribution in [1.82, 2.24) is 0 Å². The van der Waals surface area contributed by atoms with Crippen molar-refractivity contribution < 1.29 is 9.53 Å². The van der Waals surface area contributed by atoms with Crippen LogP contribution in [0.3, 0.4) is 0 Å². The second-order valence-electron chi connectivity index (χ2n) is 5.35. The van der Waals surface area contributed by atoms with Gasteiger partial charge in [0.15, 0.2) is 5.78 Å². The number of Topliss-reactive ketones (excluding diaryl/α,β-unsaturated/α-hetero) is 1. The summed E-state index contributed by atoms with van der Waals surface area (Å²) in [6, 6.07) is 4.02. The molecular weight excluding hydrogens is 232 g/mol. The molecule has 2 aliphatic rings. The van der Waals surface area contributed by atoms with Gasteiger partial charge in [-0.1, -0.05) is 0 Å². The molecule has 0 radical (unpaired) electrons. The van der Waals surface area contributed by atoms with E-state index in [1.807, 2.05) is 12.1 Å². The van der Waals surface area contributed by atoms with Gasteiger partial charge < -0.3 is 4.74 Å². The molecule has 2 heterocycles. The first-order valence-corrected chi connectivity index (χ1v) is 7.25. The lowest BCUT2D eigenvalue weighted by atomic mass is 9.71. The van der Waals surface area contributed by atoms with Gasteiger partial charge in [0.1, 0.15) is 0 Å². The molecule has 0 N–H and O–H groups in total. The Bertz CT molecular complexity index is 431. The summed E-state index contributed by atoms with van der Waals surface area (Å²) in [5.74, 6) is 0.541. The summed E-state index contributed by atoms with van der Waals surface area (Å²) in [6.45, 7) is 2.82. The van der Waals surface area contributed by atoms with Crippen LogP contribution in [-0.4, -0.2) is 18.0 Å². The quantitative estimate of drug-likeness (QED) is 0.750. The molecule has 17 heavy (non-hydrogen) atoms. The molecule has 1 unspecified atom stereocenters. The van der Waals surface area contributed by atoms with Crippen molar-refractivity contribution in [2.24, 2.45) is 5.92 Å². The summed E-state index contributed by atoms with van der Waals surface area (Å²) in [6.07, 6.45) is 5.42. The largest absolute Gasteiger partial charge is 0.375 e. The van der Waals surface area contributed by atoms with Crippen molar-refractivity contribution in [2.75, 3.05) is 6.61 Å². The van der Waals surface area contributed by atoms with Gasteiger partial charge in [-0.25, -0.2) is 0 Å². The van der Waals surface area contributed by atoms with E-state index in [2.05, 4.69) is 6.92 Å². The molecule has 1 aromatic rings. The standard InChI is InChI=1S/C14H18O2S/c1-10-3-4-12(17-10)13(15)11-5-8-16-14(9-11)6-2-7-14/h3-4,11H,2,5-9H2,1H3. The van der Waals surface area contributed by atoms with Crippen LogP contribution in [0.15, 0.2) is 12.1 Å². The van der Waals surface area contributed by atoms with Crippen LogP contribution in [0.25, 0.3) is 0 Å². The number of aryl methyl sites for hydroxylation is 1. The van der Waals surface area contributed by atoms with Gasteiger partial charge in [0, 0.05) is 17.4 Å². The van der Waals surface area contributed by atoms with E-state index >= 15 is 0 Å². The van der Waals surface area contributed by atoms with Crippen molar-refractivity contribution in [3.05, 3.63) is 21.9 Å². The van der Waals surface area contributed by atoms with Gasteiger partial charge in [-0.2, -0.15) is 0 Å². The topological polar surface area (TPSA) is 26.3 Å². The first kappa shape index (κ1) is 11.4. The third-order valence-electron chi connectivity index (χ3n) is 4.11. The second-order valence-corrected chi connectivity index (χ2v) is 6.64. The van der Waals surface area contributed by atoms with Gasteiger partial charge in [-0.3, -0.25) is 4.79 Å². The minimum atomic E-state index is 0.0743. The highest BCUT2D eigenvalue weighted by Crippen LogP contribution is 2.45. The van der Waals surface area contributed by atoms with E-state index in [1.54, 1.807) is 11.3 Å². The Morgan fingerprint density at radius 3 is 2.88 bits per heavy atom. The van der Waals surface area contributed by atoms with E-state index in [0.717, 1.165) is 37.2 Å². The molecule has 1 aromatic heterocycles. The monoisotopic (exact) mass is 250 g/mol. The lowest BCUT2D eigenvalue weighted by Crippen LogP contribution is -2.46. The molecule has 0 aromatic carbocycles. The zero-order chi connectivity index (χ0) is 11.9. The van der Waals surface area contributed by atoms with Crippen molar-refractivity contribution in [1.29, 1.82) is 0 Å². The van der Waals surface area contributed by atoms with Crippen LogP contribution in [-0.2, 0) is 4.74 Å². The smallest absolute Gasteiger partial charge is 0.176 e. The average molecular weight is 250 g/mol. The average Bonchev–Trinajstić information content (AvgIpc) is 2.73. The van der Waals surface area contributed by atoms with Crippen molar-refractivity contribution in [3.63, 3.8) is 0 Å². The molecule has 2 fully saturated rings. The molecule has 2 nitrogen and oxygen atoms in total. The van der Waals surface area contributed by atoms with Gasteiger partial charge in [-0.15, -0.1) is 11.3 Å². The fourth-order valence-corrected chi connectivity index (χ4v) is 3.83. The number of carbonyl (C=O) groups is 1. The minimum absolute atomic E-state index is 0.0743. The van der Waals surface area contributed by atoms with Crippen molar-refractivity contribution >= 4 is 17.1 Å². The minimum Gasteiger partial charge on any atom is -0.375 e. The number of hydrogen-bond acceptors (Lipinski definition) is 3. The third-order valence-corrected chi connectivity index (χ3v) is 5.13. The molecule has 1 spiro atoms. The van der Waals surface area contributed by atoms with Crippen LogP contribution in [0, 0.1) is 12.8 Å². The number of carbonyl (C=O) groups excluding carboxylic acids is 1. The maximum absolute atomic E-state index is 12.4. The normalized spacial score (nSPS) is 26.8. The van der Waals surface area contributed by atoms with E-state index in [4.69, 9.17) is 4.74 Å². The zero-order valence-corrected chi connectivity index (χ0v) is 11.0. The van der Waals surface area contributed by atoms with Crippen LogP contribution in [0.1, 0.15) is 46.7 Å². The van der Waals surface area contributed by atoms with E-state index < -0.39 is 0 Å². The molecule has 1 atom stereocenters. The maximum atomic E-state index is 12.4. The Morgan fingerprint density at radius 1 is 1.47 bits per heavy atom. The van der Waals surface area contributed by atoms with E-state index in [-0.39, 0.29) is 11.5 Å². The van der Waals surface area contributed by atoms with E-state index in [9.17, 15) is 4.79 Å². The first-order valence-electron chi connectivity index (χ1n) is 6.43. The number of thiophene rings is 1. The maximum Gasteiger partial charge on any atom is 0.176 e. The van der Waals surface area contributed by atoms with Gasteiger partial charge in [0.25, 0.3) is 0 Å². The Hall–Kier alpha value is -0.670. The molecular formula is C14H18O2S. The number of hydrogen-bond donors (Lipinski definition) is 0. The van der Waals surface area contributed by atoms with Gasteiger partial charge in [0.2, 0.25) is 0 Å². The predicted octanol–water partition coefficient (Wildman–Crippen LogP) is 3.59. The fraction of sp³-hybridized carbons (Fsp3) is 0.643. The first-order chi connectivity index (χ1) is 8.19. The Kier molecular flexibility index (Phi) is 2.83. The lowest BCUT2D eigenvalue weighted by molar-refractivity contribution is -0.137. The van der Waals surface area contributed by atoms with Gasteiger partial charge in [-0.05, 0) is 51.2 Å². The van der Waals surface area contributed by atoms with E-state index in [0.29, 0.717) is 5.78 Å². The SMILES string of the molecule is Cc1ccc(C(=O)C2CCOC3(CCC3)C2)s1. The molecule has 1 saturated heterocycles. The molecule has 0 amide bonds. The molecule has 1 saturated carbocycles. The summed E-state index contributed by atoms with van der Waals surface area (Å²) in [5, 5.41) is 0. The van der Waals surface area contributed by atoms with Gasteiger partial charge in [0.05, 0.1) is 10.5 Å². The van der Waals surface area contributed by atoms with Crippen LogP contribution in [0.2, 0.25) is 0 Å². The summed E-state index contributed by atoms with van der Waals surface area (Å²) in [4.78, 5) is 14.6. The van der Waals surface area contributed by atoms with Crippen LogP contribution in [0.4, 0.5) is 0 Å².